The summed E-state index contributed by atoms with van der Waals surface area (Å²) in [6.07, 6.45) is 2.15. The normalized spacial score (nSPS) is 12.0. The van der Waals surface area contributed by atoms with Crippen LogP contribution in [-0.2, 0) is 23.1 Å². The predicted molar refractivity (Wildman–Crippen MR) is 127 cm³/mol. The second-order valence-electron chi connectivity index (χ2n) is 9.47. The van der Waals surface area contributed by atoms with Crippen molar-refractivity contribution in [3.8, 4) is 5.75 Å². The molecule has 0 heterocycles. The molecule has 0 saturated heterocycles. The number of benzene rings is 2. The van der Waals surface area contributed by atoms with E-state index >= 15 is 0 Å². The van der Waals surface area contributed by atoms with Crippen molar-refractivity contribution in [2.75, 3.05) is 26.4 Å². The first-order chi connectivity index (χ1) is 14.3. The lowest BCUT2D eigenvalue weighted by Gasteiger charge is -2.27. The van der Waals surface area contributed by atoms with Crippen LogP contribution in [0.3, 0.4) is 0 Å². The third kappa shape index (κ3) is 8.12. The average molecular weight is 412 g/mol. The van der Waals surface area contributed by atoms with Crippen LogP contribution < -0.4 is 10.1 Å². The van der Waals surface area contributed by atoms with Crippen LogP contribution in [0.5, 0.6) is 5.75 Å². The van der Waals surface area contributed by atoms with Crippen molar-refractivity contribution in [2.45, 2.75) is 59.9 Å². The summed E-state index contributed by atoms with van der Waals surface area (Å²) in [6, 6.07) is 17.0. The molecule has 0 fully saturated rings. The summed E-state index contributed by atoms with van der Waals surface area (Å²) < 4.78 is 11.9. The largest absolute Gasteiger partial charge is 0.491 e. The van der Waals surface area contributed by atoms with Gasteiger partial charge < -0.3 is 14.8 Å². The Labute approximate surface area is 184 Å². The molecule has 0 saturated carbocycles. The zero-order valence-corrected chi connectivity index (χ0v) is 19.8. The Morgan fingerprint density at radius 1 is 0.800 bits per heavy atom. The van der Waals surface area contributed by atoms with Gasteiger partial charge in [0.1, 0.15) is 12.4 Å². The lowest BCUT2D eigenvalue weighted by Crippen LogP contribution is -2.38. The van der Waals surface area contributed by atoms with Gasteiger partial charge in [0.15, 0.2) is 0 Å². The van der Waals surface area contributed by atoms with E-state index < -0.39 is 0 Å². The van der Waals surface area contributed by atoms with Gasteiger partial charge in [-0.2, -0.15) is 0 Å². The molecule has 0 radical (unpaired) electrons. The predicted octanol–water partition coefficient (Wildman–Crippen LogP) is 6.00. The first kappa shape index (κ1) is 24.4. The van der Waals surface area contributed by atoms with Gasteiger partial charge in [-0.3, -0.25) is 0 Å². The van der Waals surface area contributed by atoms with E-state index in [1.54, 1.807) is 0 Å². The van der Waals surface area contributed by atoms with E-state index in [1.165, 1.54) is 16.7 Å². The topological polar surface area (TPSA) is 30.5 Å². The fourth-order valence-corrected chi connectivity index (χ4v) is 3.72. The molecule has 0 unspecified atom stereocenters. The van der Waals surface area contributed by atoms with Crippen molar-refractivity contribution in [3.05, 3.63) is 65.2 Å². The molecule has 2 aromatic rings. The summed E-state index contributed by atoms with van der Waals surface area (Å²) in [6.45, 7) is 16.1. The molecule has 0 aliphatic carbocycles. The summed E-state index contributed by atoms with van der Waals surface area (Å²) in [4.78, 5) is 0. The number of ether oxygens (including phenoxy) is 2. The van der Waals surface area contributed by atoms with Crippen molar-refractivity contribution < 1.29 is 9.47 Å². The lowest BCUT2D eigenvalue weighted by atomic mass is 9.92. The molecule has 2 aromatic carbocycles. The SMILES string of the molecule is CC(C)Cc1cccc(OCCOCCNC(C)(C)c2ccccc2)c1CC(C)C. The molecular formula is C27H41NO2. The average Bonchev–Trinajstić information content (AvgIpc) is 2.69. The molecule has 0 aromatic heterocycles. The second kappa shape index (κ2) is 12.1. The Balaban J connectivity index is 1.77. The van der Waals surface area contributed by atoms with E-state index in [1.807, 2.05) is 6.07 Å². The lowest BCUT2D eigenvalue weighted by molar-refractivity contribution is 0.0974. The van der Waals surface area contributed by atoms with Crippen LogP contribution in [-0.4, -0.2) is 26.4 Å². The molecule has 0 bridgehead atoms. The van der Waals surface area contributed by atoms with Crippen LogP contribution in [0.2, 0.25) is 0 Å². The molecule has 2 rings (SSSR count). The van der Waals surface area contributed by atoms with Crippen molar-refractivity contribution in [1.82, 2.24) is 5.32 Å². The molecule has 3 heteroatoms. The Kier molecular flexibility index (Phi) is 9.87. The monoisotopic (exact) mass is 411 g/mol. The summed E-state index contributed by atoms with van der Waals surface area (Å²) in [5.41, 5.74) is 4.01. The zero-order chi connectivity index (χ0) is 22.0. The fourth-order valence-electron chi connectivity index (χ4n) is 3.72. The highest BCUT2D eigenvalue weighted by Gasteiger charge is 2.18. The third-order valence-electron chi connectivity index (χ3n) is 5.26. The number of nitrogens with one attached hydrogen (secondary N) is 1. The Hall–Kier alpha value is -1.84. The van der Waals surface area contributed by atoms with Gasteiger partial charge in [0, 0.05) is 12.1 Å². The van der Waals surface area contributed by atoms with Gasteiger partial charge in [-0.25, -0.2) is 0 Å². The highest BCUT2D eigenvalue weighted by Crippen LogP contribution is 2.27. The third-order valence-corrected chi connectivity index (χ3v) is 5.26. The molecule has 166 valence electrons. The summed E-state index contributed by atoms with van der Waals surface area (Å²) in [5, 5.41) is 3.57. The van der Waals surface area contributed by atoms with Crippen LogP contribution in [0.25, 0.3) is 0 Å². The first-order valence-electron chi connectivity index (χ1n) is 11.4. The summed E-state index contributed by atoms with van der Waals surface area (Å²) >= 11 is 0. The molecule has 0 aliphatic heterocycles. The maximum absolute atomic E-state index is 6.13. The van der Waals surface area contributed by atoms with Gasteiger partial charge in [0.25, 0.3) is 0 Å². The van der Waals surface area contributed by atoms with Gasteiger partial charge in [-0.05, 0) is 61.3 Å². The Morgan fingerprint density at radius 3 is 2.17 bits per heavy atom. The molecule has 0 amide bonds. The number of hydrogen-bond acceptors (Lipinski definition) is 3. The van der Waals surface area contributed by atoms with Gasteiger partial charge >= 0.3 is 0 Å². The molecule has 1 N–H and O–H groups in total. The van der Waals surface area contributed by atoms with Gasteiger partial charge in [-0.1, -0.05) is 70.2 Å². The van der Waals surface area contributed by atoms with Crippen LogP contribution in [0.15, 0.2) is 48.5 Å². The van der Waals surface area contributed by atoms with Crippen LogP contribution in [0.1, 0.15) is 58.2 Å². The van der Waals surface area contributed by atoms with Crippen molar-refractivity contribution >= 4 is 0 Å². The van der Waals surface area contributed by atoms with Crippen molar-refractivity contribution in [3.63, 3.8) is 0 Å². The number of hydrogen-bond donors (Lipinski definition) is 1. The van der Waals surface area contributed by atoms with E-state index in [0.717, 1.165) is 25.1 Å². The molecular weight excluding hydrogens is 370 g/mol. The first-order valence-corrected chi connectivity index (χ1v) is 11.4. The highest BCUT2D eigenvalue weighted by atomic mass is 16.5. The van der Waals surface area contributed by atoms with Crippen LogP contribution in [0.4, 0.5) is 0 Å². The second-order valence-corrected chi connectivity index (χ2v) is 9.47. The highest BCUT2D eigenvalue weighted by molar-refractivity contribution is 5.41. The Morgan fingerprint density at radius 2 is 1.50 bits per heavy atom. The molecule has 3 nitrogen and oxygen atoms in total. The van der Waals surface area contributed by atoms with E-state index in [-0.39, 0.29) is 5.54 Å². The van der Waals surface area contributed by atoms with Crippen LogP contribution in [0, 0.1) is 11.8 Å². The van der Waals surface area contributed by atoms with E-state index in [2.05, 4.69) is 89.3 Å². The van der Waals surface area contributed by atoms with E-state index in [9.17, 15) is 0 Å². The number of rotatable bonds is 13. The maximum Gasteiger partial charge on any atom is 0.122 e. The molecule has 0 aliphatic rings. The van der Waals surface area contributed by atoms with Gasteiger partial charge in [-0.15, -0.1) is 0 Å². The molecule has 0 atom stereocenters. The summed E-state index contributed by atoms with van der Waals surface area (Å²) in [5.74, 6) is 2.27. The molecule has 30 heavy (non-hydrogen) atoms. The fraction of sp³-hybridized carbons (Fsp3) is 0.556. The van der Waals surface area contributed by atoms with Gasteiger partial charge in [0.05, 0.1) is 13.2 Å². The smallest absolute Gasteiger partial charge is 0.122 e. The quantitative estimate of drug-likeness (QED) is 0.410. The summed E-state index contributed by atoms with van der Waals surface area (Å²) in [7, 11) is 0. The standard InChI is InChI=1S/C27H41NO2/c1-21(2)19-23-11-10-14-26(25(23)20-22(3)4)30-18-17-29-16-15-28-27(5,6)24-12-8-7-9-13-24/h7-14,21-22,28H,15-20H2,1-6H3. The Bertz CT molecular complexity index is 738. The minimum atomic E-state index is -0.0658. The molecule has 0 spiro atoms. The van der Waals surface area contributed by atoms with Crippen molar-refractivity contribution in [1.29, 1.82) is 0 Å². The van der Waals surface area contributed by atoms with Crippen LogP contribution >= 0.6 is 0 Å². The minimum absolute atomic E-state index is 0.0658. The van der Waals surface area contributed by atoms with E-state index in [4.69, 9.17) is 9.47 Å². The minimum Gasteiger partial charge on any atom is -0.491 e. The van der Waals surface area contributed by atoms with Gasteiger partial charge in [0.2, 0.25) is 0 Å². The van der Waals surface area contributed by atoms with Crippen molar-refractivity contribution in [2.24, 2.45) is 11.8 Å². The maximum atomic E-state index is 6.13. The zero-order valence-electron chi connectivity index (χ0n) is 19.8. The van der Waals surface area contributed by atoms with E-state index in [0.29, 0.717) is 31.7 Å².